The van der Waals surface area contributed by atoms with Crippen LogP contribution in [0.1, 0.15) is 22.3 Å². The average Bonchev–Trinajstić information content (AvgIpc) is 3.02. The Hall–Kier alpha value is -3.14. The fraction of sp³-hybridized carbons (Fsp3) is 0.100. The van der Waals surface area contributed by atoms with Gasteiger partial charge in [-0.3, -0.25) is 0 Å². The van der Waals surface area contributed by atoms with Gasteiger partial charge >= 0.3 is 11.9 Å². The van der Waals surface area contributed by atoms with Crippen molar-refractivity contribution < 1.29 is 19.1 Å². The molecule has 4 rings (SSSR count). The Balaban J connectivity index is 1.88. The normalized spacial score (nSPS) is 16.4. The molecule has 2 aromatic rings. The lowest BCUT2D eigenvalue weighted by molar-refractivity contribution is -0.131. The van der Waals surface area contributed by atoms with Crippen molar-refractivity contribution in [2.24, 2.45) is 0 Å². The van der Waals surface area contributed by atoms with Crippen molar-refractivity contribution in [1.82, 2.24) is 0 Å². The maximum absolute atomic E-state index is 12.3. The van der Waals surface area contributed by atoms with Crippen molar-refractivity contribution in [3.05, 3.63) is 82.3 Å². The van der Waals surface area contributed by atoms with Crippen LogP contribution in [0, 0.1) is 13.8 Å². The van der Waals surface area contributed by atoms with Gasteiger partial charge in [0.05, 0.1) is 0 Å². The van der Waals surface area contributed by atoms with Crippen molar-refractivity contribution in [2.75, 3.05) is 0 Å². The van der Waals surface area contributed by atoms with Crippen LogP contribution in [0.5, 0.6) is 0 Å². The zero-order valence-electron chi connectivity index (χ0n) is 13.3. The minimum atomic E-state index is -0.499. The number of carbonyl (C=O) groups excluding carboxylic acids is 2. The van der Waals surface area contributed by atoms with Gasteiger partial charge in [0.15, 0.2) is 11.5 Å². The van der Waals surface area contributed by atoms with Crippen LogP contribution in [0.25, 0.3) is 11.1 Å². The first-order chi connectivity index (χ1) is 11.5. The van der Waals surface area contributed by atoms with E-state index in [0.717, 1.165) is 11.1 Å². The molecule has 0 N–H and O–H groups in total. The highest BCUT2D eigenvalue weighted by atomic mass is 16.6. The van der Waals surface area contributed by atoms with Gasteiger partial charge in [-0.05, 0) is 25.0 Å². The van der Waals surface area contributed by atoms with Gasteiger partial charge in [-0.15, -0.1) is 0 Å². The number of fused-ring (bicyclic) bond motifs is 1. The van der Waals surface area contributed by atoms with Crippen molar-refractivity contribution in [1.29, 1.82) is 0 Å². The van der Waals surface area contributed by atoms with Gasteiger partial charge in [0.25, 0.3) is 0 Å². The lowest BCUT2D eigenvalue weighted by atomic mass is 10.0. The van der Waals surface area contributed by atoms with Crippen molar-refractivity contribution in [2.45, 2.75) is 13.8 Å². The second kappa shape index (κ2) is 5.20. The van der Waals surface area contributed by atoms with E-state index >= 15 is 0 Å². The summed E-state index contributed by atoms with van der Waals surface area (Å²) in [6.07, 6.45) is 0. The Kier molecular flexibility index (Phi) is 3.13. The van der Waals surface area contributed by atoms with E-state index in [1.165, 1.54) is 0 Å². The first-order valence-electron chi connectivity index (χ1n) is 7.62. The fourth-order valence-electron chi connectivity index (χ4n) is 2.83. The lowest BCUT2D eigenvalue weighted by Gasteiger charge is -2.04. The molecule has 4 heteroatoms. The number of hydrogen-bond donors (Lipinski definition) is 0. The molecule has 0 atom stereocenters. The molecule has 2 aliphatic heterocycles. The smallest absolute Gasteiger partial charge is 0.348 e. The molecule has 0 aliphatic carbocycles. The second-order valence-electron chi connectivity index (χ2n) is 5.92. The van der Waals surface area contributed by atoms with Crippen LogP contribution >= 0.6 is 0 Å². The number of hydrogen-bond acceptors (Lipinski definition) is 4. The minimum Gasteiger partial charge on any atom is -0.418 e. The molecule has 0 spiro atoms. The van der Waals surface area contributed by atoms with Crippen molar-refractivity contribution in [3.63, 3.8) is 0 Å². The molecule has 0 fully saturated rings. The van der Waals surface area contributed by atoms with Gasteiger partial charge in [0, 0.05) is 0 Å². The van der Waals surface area contributed by atoms with E-state index in [0.29, 0.717) is 22.3 Å². The van der Waals surface area contributed by atoms with Gasteiger partial charge in [0.2, 0.25) is 0 Å². The van der Waals surface area contributed by atoms with E-state index in [-0.39, 0.29) is 11.5 Å². The Bertz CT molecular complexity index is 849. The number of carbonyl (C=O) groups is 2. The summed E-state index contributed by atoms with van der Waals surface area (Å²) in [7, 11) is 0. The van der Waals surface area contributed by atoms with E-state index in [9.17, 15) is 9.59 Å². The Morgan fingerprint density at radius 1 is 0.583 bits per heavy atom. The predicted octanol–water partition coefficient (Wildman–Crippen LogP) is 3.54. The number of aryl methyl sites for hydroxylation is 2. The van der Waals surface area contributed by atoms with E-state index in [2.05, 4.69) is 0 Å². The van der Waals surface area contributed by atoms with Gasteiger partial charge in [-0.1, -0.05) is 59.7 Å². The highest BCUT2D eigenvalue weighted by Crippen LogP contribution is 2.43. The molecule has 0 radical (unpaired) electrons. The molecule has 2 aliphatic rings. The summed E-state index contributed by atoms with van der Waals surface area (Å²) < 4.78 is 10.7. The summed E-state index contributed by atoms with van der Waals surface area (Å²) in [6, 6.07) is 14.9. The molecular formula is C20H14O4. The summed E-state index contributed by atoms with van der Waals surface area (Å²) in [5.41, 5.74) is 4.09. The van der Waals surface area contributed by atoms with Gasteiger partial charge in [-0.2, -0.15) is 0 Å². The van der Waals surface area contributed by atoms with Crippen LogP contribution in [0.4, 0.5) is 0 Å². The fourth-order valence-corrected chi connectivity index (χ4v) is 2.83. The molecule has 0 saturated heterocycles. The SMILES string of the molecule is Cc1ccc(C2=C3OC(=O)C(c4ccc(C)cc4)=C3OC2=O)cc1. The molecule has 4 nitrogen and oxygen atoms in total. The third-order valence-electron chi connectivity index (χ3n) is 4.14. The molecule has 118 valence electrons. The highest BCUT2D eigenvalue weighted by molar-refractivity contribution is 6.28. The maximum Gasteiger partial charge on any atom is 0.348 e. The van der Waals surface area contributed by atoms with Crippen LogP contribution in [0.2, 0.25) is 0 Å². The molecular weight excluding hydrogens is 304 g/mol. The third-order valence-corrected chi connectivity index (χ3v) is 4.14. The summed E-state index contributed by atoms with van der Waals surface area (Å²) in [5.74, 6) is -0.573. The molecule has 0 aromatic heterocycles. The zero-order valence-corrected chi connectivity index (χ0v) is 13.3. The number of rotatable bonds is 2. The topological polar surface area (TPSA) is 52.6 Å². The lowest BCUT2D eigenvalue weighted by Crippen LogP contribution is -2.05. The van der Waals surface area contributed by atoms with Crippen LogP contribution in [0.15, 0.2) is 60.0 Å². The van der Waals surface area contributed by atoms with Gasteiger partial charge in [0.1, 0.15) is 11.1 Å². The van der Waals surface area contributed by atoms with Crippen molar-refractivity contribution in [3.8, 4) is 0 Å². The first-order valence-corrected chi connectivity index (χ1v) is 7.62. The Morgan fingerprint density at radius 2 is 0.917 bits per heavy atom. The Labute approximate surface area is 139 Å². The molecule has 2 aromatic carbocycles. The number of ether oxygens (including phenoxy) is 2. The highest BCUT2D eigenvalue weighted by Gasteiger charge is 2.43. The maximum atomic E-state index is 12.3. The average molecular weight is 318 g/mol. The summed E-state index contributed by atoms with van der Waals surface area (Å²) >= 11 is 0. The number of esters is 2. The van der Waals surface area contributed by atoms with E-state index < -0.39 is 11.9 Å². The van der Waals surface area contributed by atoms with Crippen LogP contribution in [-0.2, 0) is 19.1 Å². The molecule has 0 amide bonds. The van der Waals surface area contributed by atoms with Crippen LogP contribution in [-0.4, -0.2) is 11.9 Å². The standard InChI is InChI=1S/C20H14O4/c1-11-3-7-13(8-4-11)15-17-18(24-19(15)21)16(20(22)23-17)14-9-5-12(2)6-10-14/h3-10H,1-2H3. The predicted molar refractivity (Wildman–Crippen MR) is 88.4 cm³/mol. The quantitative estimate of drug-likeness (QED) is 0.795. The Morgan fingerprint density at radius 3 is 1.25 bits per heavy atom. The number of benzene rings is 2. The molecule has 24 heavy (non-hydrogen) atoms. The van der Waals surface area contributed by atoms with E-state index in [1.807, 2.05) is 62.4 Å². The first kappa shape index (κ1) is 14.5. The van der Waals surface area contributed by atoms with E-state index in [4.69, 9.17) is 9.47 Å². The molecule has 0 saturated carbocycles. The van der Waals surface area contributed by atoms with E-state index in [1.54, 1.807) is 0 Å². The monoisotopic (exact) mass is 318 g/mol. The van der Waals surface area contributed by atoms with Gasteiger partial charge < -0.3 is 9.47 Å². The zero-order chi connectivity index (χ0) is 16.8. The summed E-state index contributed by atoms with van der Waals surface area (Å²) in [4.78, 5) is 24.6. The molecule has 0 unspecified atom stereocenters. The van der Waals surface area contributed by atoms with Crippen LogP contribution < -0.4 is 0 Å². The summed E-state index contributed by atoms with van der Waals surface area (Å²) in [6.45, 7) is 3.93. The van der Waals surface area contributed by atoms with Crippen molar-refractivity contribution >= 4 is 23.1 Å². The largest absolute Gasteiger partial charge is 0.418 e. The minimum absolute atomic E-state index is 0.212. The second-order valence-corrected chi connectivity index (χ2v) is 5.92. The molecule has 2 heterocycles. The summed E-state index contributed by atoms with van der Waals surface area (Å²) in [5, 5.41) is 0. The van der Waals surface area contributed by atoms with Crippen LogP contribution in [0.3, 0.4) is 0 Å². The van der Waals surface area contributed by atoms with Gasteiger partial charge in [-0.25, -0.2) is 9.59 Å². The third kappa shape index (κ3) is 2.15. The molecule has 0 bridgehead atoms.